The number of pyridine rings is 1. The largest absolute Gasteiger partial charge is 0.478 e. The average molecular weight is 318 g/mol. The number of aromatic carboxylic acids is 1. The summed E-state index contributed by atoms with van der Waals surface area (Å²) >= 11 is 3.28. The van der Waals surface area contributed by atoms with Crippen LogP contribution < -0.4 is 5.32 Å². The summed E-state index contributed by atoms with van der Waals surface area (Å²) < 4.78 is 0.644. The number of carbonyl (C=O) groups is 1. The number of rotatable bonds is 3. The Morgan fingerprint density at radius 1 is 1.42 bits per heavy atom. The van der Waals surface area contributed by atoms with E-state index in [-0.39, 0.29) is 5.56 Å². The van der Waals surface area contributed by atoms with Crippen LogP contribution in [0.4, 0.5) is 11.4 Å². The summed E-state index contributed by atoms with van der Waals surface area (Å²) in [5, 5.41) is 20.9. The molecule has 0 aliphatic heterocycles. The first-order chi connectivity index (χ1) is 9.11. The molecule has 1 aromatic heterocycles. The molecular formula is C13H8BrN3O2. The molecule has 19 heavy (non-hydrogen) atoms. The summed E-state index contributed by atoms with van der Waals surface area (Å²) in [4.78, 5) is 14.8. The number of anilines is 2. The van der Waals surface area contributed by atoms with E-state index in [1.165, 1.54) is 12.4 Å². The minimum absolute atomic E-state index is 0.0861. The third-order valence-electron chi connectivity index (χ3n) is 2.42. The molecule has 2 rings (SSSR count). The molecule has 1 aromatic carbocycles. The van der Waals surface area contributed by atoms with Gasteiger partial charge >= 0.3 is 5.97 Å². The summed E-state index contributed by atoms with van der Waals surface area (Å²) in [6, 6.07) is 8.68. The fourth-order valence-electron chi connectivity index (χ4n) is 1.51. The van der Waals surface area contributed by atoms with Gasteiger partial charge in [0.1, 0.15) is 11.6 Å². The summed E-state index contributed by atoms with van der Waals surface area (Å²) in [6.07, 6.45) is 2.79. The number of carboxylic acids is 1. The van der Waals surface area contributed by atoms with Gasteiger partial charge in [-0.2, -0.15) is 5.26 Å². The van der Waals surface area contributed by atoms with E-state index in [0.717, 1.165) is 0 Å². The zero-order chi connectivity index (χ0) is 13.8. The maximum Gasteiger partial charge on any atom is 0.339 e. The Bertz CT molecular complexity index is 680. The Balaban J connectivity index is 2.34. The Morgan fingerprint density at radius 2 is 2.21 bits per heavy atom. The molecule has 0 atom stereocenters. The molecule has 1 heterocycles. The van der Waals surface area contributed by atoms with Crippen LogP contribution in [0.15, 0.2) is 41.1 Å². The van der Waals surface area contributed by atoms with Crippen LogP contribution in [-0.4, -0.2) is 16.1 Å². The zero-order valence-electron chi connectivity index (χ0n) is 9.59. The maximum absolute atomic E-state index is 11.0. The van der Waals surface area contributed by atoms with E-state index in [1.807, 2.05) is 6.07 Å². The molecule has 0 fully saturated rings. The van der Waals surface area contributed by atoms with Crippen LogP contribution in [0.1, 0.15) is 15.9 Å². The van der Waals surface area contributed by atoms with Gasteiger partial charge in [-0.15, -0.1) is 0 Å². The minimum Gasteiger partial charge on any atom is -0.478 e. The summed E-state index contributed by atoms with van der Waals surface area (Å²) in [5.41, 5.74) is 1.72. The topological polar surface area (TPSA) is 86.0 Å². The SMILES string of the molecule is N#Cc1ccc(Nc2ccncc2C(=O)O)cc1Br. The van der Waals surface area contributed by atoms with Crippen LogP contribution in [-0.2, 0) is 0 Å². The van der Waals surface area contributed by atoms with Crippen molar-refractivity contribution in [2.24, 2.45) is 0 Å². The first kappa shape index (κ1) is 13.1. The van der Waals surface area contributed by atoms with Crippen molar-refractivity contribution in [3.05, 3.63) is 52.3 Å². The van der Waals surface area contributed by atoms with E-state index in [9.17, 15) is 4.79 Å². The van der Waals surface area contributed by atoms with Crippen LogP contribution in [0, 0.1) is 11.3 Å². The van der Waals surface area contributed by atoms with Gasteiger partial charge in [0.25, 0.3) is 0 Å². The molecule has 0 aliphatic rings. The van der Waals surface area contributed by atoms with Crippen molar-refractivity contribution in [2.45, 2.75) is 0 Å². The minimum atomic E-state index is -1.05. The molecule has 0 saturated heterocycles. The molecule has 5 nitrogen and oxygen atoms in total. The van der Waals surface area contributed by atoms with Crippen LogP contribution in [0.2, 0.25) is 0 Å². The predicted molar refractivity (Wildman–Crippen MR) is 73.3 cm³/mol. The quantitative estimate of drug-likeness (QED) is 0.908. The average Bonchev–Trinajstić information content (AvgIpc) is 2.39. The van der Waals surface area contributed by atoms with Gasteiger partial charge in [-0.1, -0.05) is 0 Å². The summed E-state index contributed by atoms with van der Waals surface area (Å²) in [7, 11) is 0. The lowest BCUT2D eigenvalue weighted by molar-refractivity contribution is 0.0697. The van der Waals surface area contributed by atoms with Crippen molar-refractivity contribution in [1.82, 2.24) is 4.98 Å². The van der Waals surface area contributed by atoms with E-state index in [2.05, 4.69) is 26.2 Å². The lowest BCUT2D eigenvalue weighted by Crippen LogP contribution is -2.03. The number of halogens is 1. The van der Waals surface area contributed by atoms with Gasteiger partial charge in [0.05, 0.1) is 11.3 Å². The van der Waals surface area contributed by atoms with Gasteiger partial charge in [0, 0.05) is 22.6 Å². The highest BCUT2D eigenvalue weighted by molar-refractivity contribution is 9.10. The second-order valence-electron chi connectivity index (χ2n) is 3.66. The standard InChI is InChI=1S/C13H8BrN3O2/c14-11-5-9(2-1-8(11)6-15)17-12-3-4-16-7-10(12)13(18)19/h1-5,7H,(H,16,17)(H,18,19). The molecule has 0 saturated carbocycles. The predicted octanol–water partition coefficient (Wildman–Crippen LogP) is 3.16. The first-order valence-electron chi connectivity index (χ1n) is 5.26. The van der Waals surface area contributed by atoms with Gasteiger partial charge in [-0.3, -0.25) is 4.98 Å². The van der Waals surface area contributed by atoms with Crippen molar-refractivity contribution in [2.75, 3.05) is 5.32 Å². The van der Waals surface area contributed by atoms with Gasteiger partial charge < -0.3 is 10.4 Å². The molecule has 0 radical (unpaired) electrons. The molecule has 0 unspecified atom stereocenters. The number of hydrogen-bond donors (Lipinski definition) is 2. The van der Waals surface area contributed by atoms with Gasteiger partial charge in [0.2, 0.25) is 0 Å². The maximum atomic E-state index is 11.0. The first-order valence-corrected chi connectivity index (χ1v) is 6.05. The number of hydrogen-bond acceptors (Lipinski definition) is 4. The van der Waals surface area contributed by atoms with Crippen molar-refractivity contribution >= 4 is 33.3 Å². The molecule has 2 N–H and O–H groups in total. The monoisotopic (exact) mass is 317 g/mol. The van der Waals surface area contributed by atoms with E-state index < -0.39 is 5.97 Å². The molecule has 0 bridgehead atoms. The highest BCUT2D eigenvalue weighted by Crippen LogP contribution is 2.25. The van der Waals surface area contributed by atoms with Crippen molar-refractivity contribution in [3.8, 4) is 6.07 Å². The van der Waals surface area contributed by atoms with Gasteiger partial charge in [-0.25, -0.2) is 4.79 Å². The fourth-order valence-corrected chi connectivity index (χ4v) is 1.98. The Morgan fingerprint density at radius 3 is 2.84 bits per heavy atom. The zero-order valence-corrected chi connectivity index (χ0v) is 11.2. The Hall–Kier alpha value is -2.39. The second-order valence-corrected chi connectivity index (χ2v) is 4.51. The number of nitrogens with one attached hydrogen (secondary N) is 1. The van der Waals surface area contributed by atoms with Crippen LogP contribution in [0.5, 0.6) is 0 Å². The van der Waals surface area contributed by atoms with Gasteiger partial charge in [-0.05, 0) is 40.2 Å². The van der Waals surface area contributed by atoms with Crippen LogP contribution in [0.3, 0.4) is 0 Å². The lowest BCUT2D eigenvalue weighted by atomic mass is 10.2. The second kappa shape index (κ2) is 5.50. The molecular weight excluding hydrogens is 310 g/mol. The van der Waals surface area contributed by atoms with Crippen molar-refractivity contribution in [1.29, 1.82) is 5.26 Å². The molecule has 0 aliphatic carbocycles. The van der Waals surface area contributed by atoms with Gasteiger partial charge in [0.15, 0.2) is 0 Å². The molecule has 0 spiro atoms. The highest BCUT2D eigenvalue weighted by atomic mass is 79.9. The highest BCUT2D eigenvalue weighted by Gasteiger charge is 2.10. The third kappa shape index (κ3) is 2.89. The number of carboxylic acid groups (broad SMARTS) is 1. The summed E-state index contributed by atoms with van der Waals surface area (Å²) in [6.45, 7) is 0. The summed E-state index contributed by atoms with van der Waals surface area (Å²) in [5.74, 6) is -1.05. The normalized spacial score (nSPS) is 9.68. The smallest absolute Gasteiger partial charge is 0.339 e. The van der Waals surface area contributed by atoms with Crippen LogP contribution >= 0.6 is 15.9 Å². The number of nitriles is 1. The molecule has 94 valence electrons. The van der Waals surface area contributed by atoms with Crippen molar-refractivity contribution in [3.63, 3.8) is 0 Å². The van der Waals surface area contributed by atoms with E-state index in [1.54, 1.807) is 24.3 Å². The van der Waals surface area contributed by atoms with Crippen molar-refractivity contribution < 1.29 is 9.90 Å². The molecule has 2 aromatic rings. The van der Waals surface area contributed by atoms with E-state index in [4.69, 9.17) is 10.4 Å². The lowest BCUT2D eigenvalue weighted by Gasteiger charge is -2.09. The number of benzene rings is 1. The van der Waals surface area contributed by atoms with Crippen LogP contribution in [0.25, 0.3) is 0 Å². The van der Waals surface area contributed by atoms with E-state index >= 15 is 0 Å². The Kier molecular flexibility index (Phi) is 3.78. The number of nitrogens with zero attached hydrogens (tertiary/aromatic N) is 2. The molecule has 0 amide bonds. The fraction of sp³-hybridized carbons (Fsp3) is 0. The molecule has 6 heteroatoms. The Labute approximate surface area is 117 Å². The van der Waals surface area contributed by atoms with E-state index in [0.29, 0.717) is 21.4 Å². The third-order valence-corrected chi connectivity index (χ3v) is 3.08. The number of aromatic nitrogens is 1.